The van der Waals surface area contributed by atoms with Crippen molar-refractivity contribution in [2.45, 2.75) is 19.4 Å². The van der Waals surface area contributed by atoms with Crippen LogP contribution in [-0.2, 0) is 9.59 Å². The highest BCUT2D eigenvalue weighted by atomic mass is 16.5. The lowest BCUT2D eigenvalue weighted by atomic mass is 10.0. The van der Waals surface area contributed by atoms with Gasteiger partial charge in [-0.05, 0) is 44.2 Å². The quantitative estimate of drug-likeness (QED) is 0.880. The van der Waals surface area contributed by atoms with Crippen LogP contribution in [0, 0.1) is 0 Å². The number of para-hydroxylation sites is 1. The fraction of sp³-hybridized carbons (Fsp3) is 0.211. The maximum Gasteiger partial charge on any atom is 0.335 e. The summed E-state index contributed by atoms with van der Waals surface area (Å²) in [6.45, 7) is 2.95. The van der Waals surface area contributed by atoms with E-state index in [1.807, 2.05) is 6.07 Å². The van der Waals surface area contributed by atoms with Gasteiger partial charge in [0.25, 0.3) is 5.91 Å². The van der Waals surface area contributed by atoms with Crippen LogP contribution >= 0.6 is 0 Å². The number of ether oxygens (including phenoxy) is 1. The molecule has 0 radical (unpaired) electrons. The van der Waals surface area contributed by atoms with E-state index in [9.17, 15) is 19.5 Å². The van der Waals surface area contributed by atoms with E-state index in [0.29, 0.717) is 11.4 Å². The van der Waals surface area contributed by atoms with E-state index in [1.165, 1.54) is 23.1 Å². The van der Waals surface area contributed by atoms with E-state index < -0.39 is 23.4 Å². The Morgan fingerprint density at radius 2 is 1.85 bits per heavy atom. The summed E-state index contributed by atoms with van der Waals surface area (Å²) in [6, 6.07) is 13.1. The Morgan fingerprint density at radius 1 is 1.15 bits per heavy atom. The monoisotopic (exact) mass is 354 g/mol. The summed E-state index contributed by atoms with van der Waals surface area (Å²) < 4.78 is 5.68. The van der Waals surface area contributed by atoms with E-state index in [2.05, 4.69) is 5.32 Å². The summed E-state index contributed by atoms with van der Waals surface area (Å²) in [5, 5.41) is 11.9. The van der Waals surface area contributed by atoms with Crippen molar-refractivity contribution in [1.82, 2.24) is 0 Å². The first kappa shape index (κ1) is 17.5. The predicted molar refractivity (Wildman–Crippen MR) is 95.5 cm³/mol. The third kappa shape index (κ3) is 3.37. The lowest BCUT2D eigenvalue weighted by Crippen LogP contribution is -2.54. The normalized spacial score (nSPS) is 15.0. The van der Waals surface area contributed by atoms with Crippen molar-refractivity contribution >= 4 is 29.2 Å². The summed E-state index contributed by atoms with van der Waals surface area (Å²) in [4.78, 5) is 37.7. The Morgan fingerprint density at radius 3 is 2.50 bits per heavy atom. The molecule has 1 heterocycles. The first-order valence-corrected chi connectivity index (χ1v) is 8.01. The average molecular weight is 354 g/mol. The maximum absolute atomic E-state index is 12.8. The Bertz CT molecular complexity index is 877. The van der Waals surface area contributed by atoms with Crippen LogP contribution in [0.4, 0.5) is 11.4 Å². The smallest absolute Gasteiger partial charge is 0.335 e. The molecular formula is C19H18N2O5. The molecule has 0 aromatic heterocycles. The number of nitrogens with one attached hydrogen (secondary N) is 1. The van der Waals surface area contributed by atoms with Gasteiger partial charge in [-0.15, -0.1) is 0 Å². The average Bonchev–Trinajstić information content (AvgIpc) is 2.59. The molecule has 0 saturated carbocycles. The van der Waals surface area contributed by atoms with Crippen molar-refractivity contribution in [3.8, 4) is 5.75 Å². The molecule has 0 atom stereocenters. The molecule has 2 amide bonds. The Kier molecular flexibility index (Phi) is 4.38. The minimum Gasteiger partial charge on any atom is -0.478 e. The van der Waals surface area contributed by atoms with Crippen LogP contribution in [0.25, 0.3) is 0 Å². The summed E-state index contributed by atoms with van der Waals surface area (Å²) in [7, 11) is 0. The third-order valence-corrected chi connectivity index (χ3v) is 3.98. The molecule has 2 N–H and O–H groups in total. The van der Waals surface area contributed by atoms with Gasteiger partial charge in [-0.25, -0.2) is 4.79 Å². The van der Waals surface area contributed by atoms with E-state index in [-0.39, 0.29) is 17.8 Å². The van der Waals surface area contributed by atoms with Gasteiger partial charge < -0.3 is 15.2 Å². The van der Waals surface area contributed by atoms with Crippen molar-refractivity contribution in [2.75, 3.05) is 16.8 Å². The number of carbonyl (C=O) groups is 3. The molecule has 0 saturated heterocycles. The molecule has 7 nitrogen and oxygen atoms in total. The number of aromatic carboxylic acids is 1. The summed E-state index contributed by atoms with van der Waals surface area (Å²) in [5.41, 5.74) is -0.284. The number of hydrogen-bond acceptors (Lipinski definition) is 4. The van der Waals surface area contributed by atoms with Crippen molar-refractivity contribution in [1.29, 1.82) is 0 Å². The maximum atomic E-state index is 12.8. The minimum atomic E-state index is -1.16. The fourth-order valence-electron chi connectivity index (χ4n) is 2.72. The second kappa shape index (κ2) is 6.51. The van der Waals surface area contributed by atoms with Crippen LogP contribution in [0.3, 0.4) is 0 Å². The molecule has 1 aliphatic heterocycles. The number of carboxylic acid groups (broad SMARTS) is 1. The van der Waals surface area contributed by atoms with Crippen molar-refractivity contribution in [3.63, 3.8) is 0 Å². The third-order valence-electron chi connectivity index (χ3n) is 3.98. The van der Waals surface area contributed by atoms with E-state index in [4.69, 9.17) is 4.74 Å². The number of fused-ring (bicyclic) bond motifs is 1. The fourth-order valence-corrected chi connectivity index (χ4v) is 2.72. The van der Waals surface area contributed by atoms with Gasteiger partial charge in [0, 0.05) is 5.69 Å². The molecular weight excluding hydrogens is 336 g/mol. The van der Waals surface area contributed by atoms with Gasteiger partial charge in [-0.3, -0.25) is 14.5 Å². The van der Waals surface area contributed by atoms with Gasteiger partial charge in [0.05, 0.1) is 11.3 Å². The molecule has 0 spiro atoms. The largest absolute Gasteiger partial charge is 0.478 e. The first-order valence-electron chi connectivity index (χ1n) is 8.01. The minimum absolute atomic E-state index is 0.00771. The van der Waals surface area contributed by atoms with Crippen LogP contribution in [-0.4, -0.2) is 35.0 Å². The van der Waals surface area contributed by atoms with Crippen molar-refractivity contribution in [2.24, 2.45) is 0 Å². The highest BCUT2D eigenvalue weighted by Crippen LogP contribution is 2.38. The molecule has 2 aromatic carbocycles. The number of benzene rings is 2. The first-order chi connectivity index (χ1) is 12.3. The molecule has 3 rings (SSSR count). The van der Waals surface area contributed by atoms with Crippen LogP contribution in [0.1, 0.15) is 24.2 Å². The summed E-state index contributed by atoms with van der Waals surface area (Å²) in [6.07, 6.45) is 0. The number of carbonyl (C=O) groups excluding carboxylic acids is 2. The number of rotatable bonds is 4. The molecule has 0 bridgehead atoms. The second-order valence-electron chi connectivity index (χ2n) is 6.41. The van der Waals surface area contributed by atoms with Crippen LogP contribution < -0.4 is 15.0 Å². The summed E-state index contributed by atoms with van der Waals surface area (Å²) in [5.74, 6) is -1.59. The SMILES string of the molecule is CC1(C)Oc2ccc(C(=O)O)cc2N(CC(=O)Nc2ccccc2)C1=O. The number of nitrogens with zero attached hydrogens (tertiary/aromatic N) is 1. The highest BCUT2D eigenvalue weighted by molar-refractivity contribution is 6.08. The van der Waals surface area contributed by atoms with Crippen LogP contribution in [0.15, 0.2) is 48.5 Å². The topological polar surface area (TPSA) is 95.9 Å². The predicted octanol–water partition coefficient (Wildman–Crippen LogP) is 2.53. The molecule has 0 aliphatic carbocycles. The van der Waals surface area contributed by atoms with E-state index >= 15 is 0 Å². The lowest BCUT2D eigenvalue weighted by Gasteiger charge is -2.38. The summed E-state index contributed by atoms with van der Waals surface area (Å²) >= 11 is 0. The zero-order valence-electron chi connectivity index (χ0n) is 14.4. The highest BCUT2D eigenvalue weighted by Gasteiger charge is 2.41. The Labute approximate surface area is 150 Å². The number of hydrogen-bond donors (Lipinski definition) is 2. The van der Waals surface area contributed by atoms with Gasteiger partial charge in [0.15, 0.2) is 5.60 Å². The van der Waals surface area contributed by atoms with Crippen LogP contribution in [0.5, 0.6) is 5.75 Å². The van der Waals surface area contributed by atoms with Gasteiger partial charge in [0.1, 0.15) is 12.3 Å². The Hall–Kier alpha value is -3.35. The lowest BCUT2D eigenvalue weighted by molar-refractivity contribution is -0.133. The van der Waals surface area contributed by atoms with E-state index in [0.717, 1.165) is 0 Å². The van der Waals surface area contributed by atoms with Crippen LogP contribution in [0.2, 0.25) is 0 Å². The second-order valence-corrected chi connectivity index (χ2v) is 6.41. The molecule has 7 heteroatoms. The van der Waals surface area contributed by atoms with Crippen molar-refractivity contribution < 1.29 is 24.2 Å². The van der Waals surface area contributed by atoms with Gasteiger partial charge in [0.2, 0.25) is 5.91 Å². The van der Waals surface area contributed by atoms with Gasteiger partial charge >= 0.3 is 5.97 Å². The van der Waals surface area contributed by atoms with Crippen molar-refractivity contribution in [3.05, 3.63) is 54.1 Å². The molecule has 134 valence electrons. The molecule has 1 aliphatic rings. The molecule has 0 unspecified atom stereocenters. The zero-order valence-corrected chi connectivity index (χ0v) is 14.4. The van der Waals surface area contributed by atoms with Gasteiger partial charge in [-0.2, -0.15) is 0 Å². The molecule has 26 heavy (non-hydrogen) atoms. The van der Waals surface area contributed by atoms with E-state index in [1.54, 1.807) is 38.1 Å². The standard InChI is InChI=1S/C19H18N2O5/c1-19(2)18(25)21(11-16(22)20-13-6-4-3-5-7-13)14-10-12(17(23)24)8-9-15(14)26-19/h3-10H,11H2,1-2H3,(H,20,22)(H,23,24). The molecule has 2 aromatic rings. The number of amides is 2. The number of carboxylic acids is 1. The zero-order chi connectivity index (χ0) is 18.9. The Balaban J connectivity index is 1.91. The van der Waals surface area contributed by atoms with Gasteiger partial charge in [-0.1, -0.05) is 18.2 Å². The number of anilines is 2. The molecule has 0 fully saturated rings.